The maximum atomic E-state index is 5.43. The molecule has 1 saturated heterocycles. The molecule has 2 aromatic heterocycles. The predicted molar refractivity (Wildman–Crippen MR) is 90.3 cm³/mol. The molecule has 0 aromatic carbocycles. The van der Waals surface area contributed by atoms with Crippen LogP contribution in [0.25, 0.3) is 5.78 Å². The van der Waals surface area contributed by atoms with Crippen LogP contribution >= 0.6 is 12.2 Å². The third-order valence-corrected chi connectivity index (χ3v) is 3.88. The number of ether oxygens (including phenoxy) is 1. The Labute approximate surface area is 139 Å². The van der Waals surface area contributed by atoms with Crippen molar-refractivity contribution in [1.29, 1.82) is 0 Å². The minimum absolute atomic E-state index is 0.499. The third kappa shape index (κ3) is 3.43. The summed E-state index contributed by atoms with van der Waals surface area (Å²) in [5.41, 5.74) is 0. The summed E-state index contributed by atoms with van der Waals surface area (Å²) in [5, 5.41) is 6.38. The van der Waals surface area contributed by atoms with Gasteiger partial charge in [0.2, 0.25) is 16.7 Å². The molecule has 126 valence electrons. The molecule has 0 unspecified atom stereocenters. The van der Waals surface area contributed by atoms with Crippen molar-refractivity contribution in [3.05, 3.63) is 4.77 Å². The summed E-state index contributed by atoms with van der Waals surface area (Å²) in [4.78, 5) is 15.7. The van der Waals surface area contributed by atoms with Crippen molar-refractivity contribution in [3.8, 4) is 0 Å². The van der Waals surface area contributed by atoms with E-state index in [0.29, 0.717) is 29.1 Å². The van der Waals surface area contributed by atoms with E-state index in [9.17, 15) is 0 Å². The van der Waals surface area contributed by atoms with E-state index >= 15 is 0 Å². The molecule has 23 heavy (non-hydrogen) atoms. The second kappa shape index (κ2) is 7.20. The zero-order valence-corrected chi connectivity index (χ0v) is 14.3. The molecule has 0 spiro atoms. The first kappa shape index (κ1) is 16.1. The fourth-order valence-corrected chi connectivity index (χ4v) is 2.72. The highest BCUT2D eigenvalue weighted by molar-refractivity contribution is 7.71. The molecule has 0 bridgehead atoms. The number of hydrogen-bond acceptors (Lipinski definition) is 8. The summed E-state index contributed by atoms with van der Waals surface area (Å²) < 4.78 is 9.67. The summed E-state index contributed by atoms with van der Waals surface area (Å²) in [6.45, 7) is 9.41. The van der Waals surface area contributed by atoms with Crippen LogP contribution in [0.15, 0.2) is 0 Å². The second-order valence-corrected chi connectivity index (χ2v) is 5.57. The number of nitrogens with zero attached hydrogens (tertiary/aromatic N) is 6. The largest absolute Gasteiger partial charge is 0.379 e. The molecule has 0 amide bonds. The van der Waals surface area contributed by atoms with Crippen molar-refractivity contribution in [2.75, 3.05) is 50.0 Å². The highest BCUT2D eigenvalue weighted by Gasteiger charge is 2.17. The monoisotopic (exact) mass is 338 g/mol. The van der Waals surface area contributed by atoms with Gasteiger partial charge >= 0.3 is 0 Å². The molecule has 1 aliphatic rings. The molecule has 3 rings (SSSR count). The number of rotatable bonds is 6. The van der Waals surface area contributed by atoms with Crippen LogP contribution in [-0.4, -0.2) is 68.4 Å². The van der Waals surface area contributed by atoms with Gasteiger partial charge in [-0.2, -0.15) is 19.5 Å². The highest BCUT2D eigenvalue weighted by Crippen LogP contribution is 2.13. The van der Waals surface area contributed by atoms with Gasteiger partial charge in [0.25, 0.3) is 5.78 Å². The molecule has 0 aliphatic carbocycles. The van der Waals surface area contributed by atoms with Gasteiger partial charge in [0.05, 0.1) is 19.9 Å². The van der Waals surface area contributed by atoms with Crippen molar-refractivity contribution in [3.63, 3.8) is 0 Å². The Morgan fingerprint density at radius 2 is 1.83 bits per heavy atom. The molecular formula is C13H22N8OS. The smallest absolute Gasteiger partial charge is 0.258 e. The van der Waals surface area contributed by atoms with E-state index < -0.39 is 0 Å². The van der Waals surface area contributed by atoms with Crippen LogP contribution < -0.4 is 10.6 Å². The van der Waals surface area contributed by atoms with Crippen LogP contribution in [0.5, 0.6) is 0 Å². The van der Waals surface area contributed by atoms with Crippen LogP contribution in [0.4, 0.5) is 11.9 Å². The van der Waals surface area contributed by atoms with Gasteiger partial charge in [-0.15, -0.1) is 0 Å². The first-order chi connectivity index (χ1) is 11.2. The minimum Gasteiger partial charge on any atom is -0.379 e. The van der Waals surface area contributed by atoms with E-state index in [-0.39, 0.29) is 0 Å². The Morgan fingerprint density at radius 3 is 2.52 bits per heavy atom. The summed E-state index contributed by atoms with van der Waals surface area (Å²) in [6.07, 6.45) is 0. The average molecular weight is 338 g/mol. The molecule has 2 aromatic rings. The van der Waals surface area contributed by atoms with Gasteiger partial charge in [0.15, 0.2) is 0 Å². The Balaban J connectivity index is 2.02. The fraction of sp³-hybridized carbons (Fsp3) is 0.692. The average Bonchev–Trinajstić information content (AvgIpc) is 2.85. The van der Waals surface area contributed by atoms with E-state index in [1.54, 1.807) is 0 Å². The normalized spacial score (nSPS) is 15.9. The SMILES string of the molecule is CCNc1nc(NCC)n2c(n1)nc(=S)n2CN1CCOCC1. The van der Waals surface area contributed by atoms with E-state index in [1.807, 2.05) is 23.0 Å². The van der Waals surface area contributed by atoms with E-state index in [0.717, 1.165) is 39.4 Å². The molecule has 0 saturated carbocycles. The van der Waals surface area contributed by atoms with Crippen molar-refractivity contribution < 1.29 is 4.74 Å². The number of anilines is 2. The number of morpholine rings is 1. The van der Waals surface area contributed by atoms with Crippen molar-refractivity contribution in [2.45, 2.75) is 20.5 Å². The number of nitrogens with one attached hydrogen (secondary N) is 2. The quantitative estimate of drug-likeness (QED) is 0.749. The number of fused-ring (bicyclic) bond motifs is 1. The molecule has 2 N–H and O–H groups in total. The second-order valence-electron chi connectivity index (χ2n) is 5.21. The van der Waals surface area contributed by atoms with Crippen molar-refractivity contribution in [1.82, 2.24) is 29.0 Å². The molecule has 10 heteroatoms. The summed E-state index contributed by atoms with van der Waals surface area (Å²) in [7, 11) is 0. The van der Waals surface area contributed by atoms with Crippen molar-refractivity contribution >= 4 is 29.9 Å². The Hall–Kier alpha value is -1.78. The third-order valence-electron chi connectivity index (χ3n) is 3.57. The zero-order chi connectivity index (χ0) is 16.2. The molecule has 3 heterocycles. The van der Waals surface area contributed by atoms with E-state index in [4.69, 9.17) is 17.0 Å². The van der Waals surface area contributed by atoms with Crippen LogP contribution in [-0.2, 0) is 11.4 Å². The summed E-state index contributed by atoms with van der Waals surface area (Å²) in [6, 6.07) is 0. The molecular weight excluding hydrogens is 316 g/mol. The molecule has 9 nitrogen and oxygen atoms in total. The Kier molecular flexibility index (Phi) is 5.03. The maximum absolute atomic E-state index is 5.43. The van der Waals surface area contributed by atoms with Crippen LogP contribution in [0.1, 0.15) is 13.8 Å². The number of aromatic nitrogens is 5. The molecule has 0 atom stereocenters. The van der Waals surface area contributed by atoms with Gasteiger partial charge in [-0.25, -0.2) is 4.68 Å². The minimum atomic E-state index is 0.499. The zero-order valence-electron chi connectivity index (χ0n) is 13.4. The van der Waals surface area contributed by atoms with Gasteiger partial charge in [-0.1, -0.05) is 0 Å². The van der Waals surface area contributed by atoms with Crippen molar-refractivity contribution in [2.24, 2.45) is 0 Å². The Morgan fingerprint density at radius 1 is 1.09 bits per heavy atom. The molecule has 0 radical (unpaired) electrons. The lowest BCUT2D eigenvalue weighted by molar-refractivity contribution is 0.0203. The number of hydrogen-bond donors (Lipinski definition) is 2. The molecule has 1 aliphatic heterocycles. The summed E-state index contributed by atoms with van der Waals surface area (Å²) >= 11 is 5.43. The standard InChI is InChI=1S/C13H22N8OS/c1-3-14-10-16-11(15-4-2)21-12(17-10)18-13(23)20(21)9-19-5-7-22-8-6-19/h3-9H2,1-2H3,(H2,14,15,16,17,18,23). The Bertz CT molecular complexity index is 721. The van der Waals surface area contributed by atoms with Gasteiger partial charge in [-0.3, -0.25) is 4.90 Å². The first-order valence-corrected chi connectivity index (χ1v) is 8.29. The fourth-order valence-electron chi connectivity index (χ4n) is 2.50. The first-order valence-electron chi connectivity index (χ1n) is 7.88. The van der Waals surface area contributed by atoms with Crippen LogP contribution in [0.2, 0.25) is 0 Å². The van der Waals surface area contributed by atoms with Crippen LogP contribution in [0.3, 0.4) is 0 Å². The van der Waals surface area contributed by atoms with Gasteiger partial charge in [0, 0.05) is 26.2 Å². The lowest BCUT2D eigenvalue weighted by Gasteiger charge is -2.27. The predicted octanol–water partition coefficient (Wildman–Crippen LogP) is 0.809. The summed E-state index contributed by atoms with van der Waals surface area (Å²) in [5.74, 6) is 1.78. The van der Waals surface area contributed by atoms with Gasteiger partial charge in [0.1, 0.15) is 0 Å². The van der Waals surface area contributed by atoms with E-state index in [2.05, 4.69) is 30.5 Å². The lowest BCUT2D eigenvalue weighted by atomic mass is 10.4. The topological polar surface area (TPSA) is 84.5 Å². The molecule has 1 fully saturated rings. The van der Waals surface area contributed by atoms with Gasteiger partial charge < -0.3 is 15.4 Å². The highest BCUT2D eigenvalue weighted by atomic mass is 32.1. The maximum Gasteiger partial charge on any atom is 0.258 e. The van der Waals surface area contributed by atoms with Gasteiger partial charge in [-0.05, 0) is 26.1 Å². The lowest BCUT2D eigenvalue weighted by Crippen LogP contribution is -2.38. The van der Waals surface area contributed by atoms with E-state index in [1.165, 1.54) is 0 Å². The van der Waals surface area contributed by atoms with Crippen LogP contribution in [0, 0.1) is 4.77 Å².